The van der Waals surface area contributed by atoms with Crippen LogP contribution in [0.15, 0.2) is 47.1 Å². The minimum Gasteiger partial charge on any atom is -0.464 e. The van der Waals surface area contributed by atoms with Crippen LogP contribution in [-0.2, 0) is 9.53 Å². The van der Waals surface area contributed by atoms with E-state index in [4.69, 9.17) is 9.15 Å². The summed E-state index contributed by atoms with van der Waals surface area (Å²) in [6.45, 7) is 4.54. The van der Waals surface area contributed by atoms with Crippen molar-refractivity contribution < 1.29 is 18.7 Å². The molecule has 3 rings (SSSR count). The second-order valence-corrected chi connectivity index (χ2v) is 5.87. The minimum atomic E-state index is -0.613. The van der Waals surface area contributed by atoms with Gasteiger partial charge < -0.3 is 9.15 Å². The molecule has 0 saturated carbocycles. The van der Waals surface area contributed by atoms with E-state index in [1.54, 1.807) is 12.1 Å². The lowest BCUT2D eigenvalue weighted by molar-refractivity contribution is -0.139. The summed E-state index contributed by atoms with van der Waals surface area (Å²) in [6.07, 6.45) is 1.93. The molecule has 0 N–H and O–H groups in total. The Labute approximate surface area is 134 Å². The van der Waals surface area contributed by atoms with Gasteiger partial charge in [0.2, 0.25) is 0 Å². The van der Waals surface area contributed by atoms with Crippen molar-refractivity contribution in [1.29, 1.82) is 0 Å². The SMILES string of the molecule is CC(C)c1ccc(N(C(=O)c2ccco2)C2CCOC2=O)cc1. The highest BCUT2D eigenvalue weighted by Gasteiger charge is 2.37. The summed E-state index contributed by atoms with van der Waals surface area (Å²) in [5.41, 5.74) is 1.84. The topological polar surface area (TPSA) is 59.8 Å². The first-order valence-corrected chi connectivity index (χ1v) is 7.71. The normalized spacial score (nSPS) is 17.3. The molecule has 2 aromatic rings. The van der Waals surface area contributed by atoms with E-state index >= 15 is 0 Å². The number of amides is 1. The molecule has 120 valence electrons. The van der Waals surface area contributed by atoms with Gasteiger partial charge in [-0.15, -0.1) is 0 Å². The van der Waals surface area contributed by atoms with Crippen molar-refractivity contribution >= 4 is 17.6 Å². The third kappa shape index (κ3) is 2.99. The van der Waals surface area contributed by atoms with Crippen molar-refractivity contribution in [1.82, 2.24) is 0 Å². The Bertz CT molecular complexity index is 688. The summed E-state index contributed by atoms with van der Waals surface area (Å²) in [5.74, 6) is -0.110. The summed E-state index contributed by atoms with van der Waals surface area (Å²) < 4.78 is 10.2. The van der Waals surface area contributed by atoms with Crippen LogP contribution in [0.2, 0.25) is 0 Å². The maximum atomic E-state index is 12.8. The molecular weight excluding hydrogens is 294 g/mol. The van der Waals surface area contributed by atoms with Crippen LogP contribution in [0.1, 0.15) is 42.3 Å². The van der Waals surface area contributed by atoms with Crippen LogP contribution in [0.3, 0.4) is 0 Å². The second-order valence-electron chi connectivity index (χ2n) is 5.87. The zero-order valence-electron chi connectivity index (χ0n) is 13.2. The number of esters is 1. The van der Waals surface area contributed by atoms with E-state index in [9.17, 15) is 9.59 Å². The Morgan fingerprint density at radius 3 is 2.48 bits per heavy atom. The molecule has 1 fully saturated rings. The number of hydrogen-bond donors (Lipinski definition) is 0. The number of anilines is 1. The van der Waals surface area contributed by atoms with E-state index in [0.29, 0.717) is 24.6 Å². The molecule has 23 heavy (non-hydrogen) atoms. The van der Waals surface area contributed by atoms with Gasteiger partial charge in [-0.2, -0.15) is 0 Å². The molecule has 1 atom stereocenters. The number of ether oxygens (including phenoxy) is 1. The first kappa shape index (κ1) is 15.3. The highest BCUT2D eigenvalue weighted by Crippen LogP contribution is 2.27. The Hall–Kier alpha value is -2.56. The van der Waals surface area contributed by atoms with Crippen LogP contribution >= 0.6 is 0 Å². The summed E-state index contributed by atoms with van der Waals surface area (Å²) in [6, 6.07) is 10.3. The van der Waals surface area contributed by atoms with Crippen molar-refractivity contribution in [2.45, 2.75) is 32.2 Å². The average molecular weight is 313 g/mol. The van der Waals surface area contributed by atoms with Crippen molar-refractivity contribution in [2.24, 2.45) is 0 Å². The number of rotatable bonds is 4. The van der Waals surface area contributed by atoms with Gasteiger partial charge in [0.1, 0.15) is 6.04 Å². The van der Waals surface area contributed by atoms with E-state index in [1.165, 1.54) is 16.7 Å². The van der Waals surface area contributed by atoms with Gasteiger partial charge in [-0.05, 0) is 35.7 Å². The fraction of sp³-hybridized carbons (Fsp3) is 0.333. The summed E-state index contributed by atoms with van der Waals surface area (Å²) >= 11 is 0. The molecule has 5 heteroatoms. The van der Waals surface area contributed by atoms with Crippen molar-refractivity contribution in [3.8, 4) is 0 Å². The quantitative estimate of drug-likeness (QED) is 0.812. The van der Waals surface area contributed by atoms with Gasteiger partial charge in [0, 0.05) is 12.1 Å². The van der Waals surface area contributed by atoms with E-state index < -0.39 is 6.04 Å². The molecule has 1 aromatic carbocycles. The molecule has 0 aliphatic carbocycles. The molecule has 1 saturated heterocycles. The Kier molecular flexibility index (Phi) is 4.19. The number of furan rings is 1. The summed E-state index contributed by atoms with van der Waals surface area (Å²) in [5, 5.41) is 0. The molecule has 2 heterocycles. The van der Waals surface area contributed by atoms with Gasteiger partial charge in [-0.25, -0.2) is 4.79 Å². The van der Waals surface area contributed by atoms with E-state index in [-0.39, 0.29) is 17.6 Å². The molecular formula is C18H19NO4. The second kappa shape index (κ2) is 6.28. The zero-order valence-corrected chi connectivity index (χ0v) is 13.2. The van der Waals surface area contributed by atoms with Crippen LogP contribution < -0.4 is 4.90 Å². The molecule has 1 aliphatic rings. The number of benzene rings is 1. The van der Waals surface area contributed by atoms with Crippen LogP contribution in [-0.4, -0.2) is 24.5 Å². The smallest absolute Gasteiger partial charge is 0.329 e. The van der Waals surface area contributed by atoms with E-state index in [2.05, 4.69) is 13.8 Å². The number of hydrogen-bond acceptors (Lipinski definition) is 4. The molecule has 5 nitrogen and oxygen atoms in total. The third-order valence-electron chi connectivity index (χ3n) is 4.01. The monoisotopic (exact) mass is 313 g/mol. The third-order valence-corrected chi connectivity index (χ3v) is 4.01. The number of nitrogens with zero attached hydrogens (tertiary/aromatic N) is 1. The predicted molar refractivity (Wildman–Crippen MR) is 85.4 cm³/mol. The molecule has 0 radical (unpaired) electrons. The average Bonchev–Trinajstić information content (AvgIpc) is 3.20. The lowest BCUT2D eigenvalue weighted by Crippen LogP contribution is -2.43. The maximum absolute atomic E-state index is 12.8. The Morgan fingerprint density at radius 1 is 1.22 bits per heavy atom. The minimum absolute atomic E-state index is 0.206. The van der Waals surface area contributed by atoms with Crippen molar-refractivity contribution in [2.75, 3.05) is 11.5 Å². The number of cyclic esters (lactones) is 1. The summed E-state index contributed by atoms with van der Waals surface area (Å²) in [4.78, 5) is 26.2. The van der Waals surface area contributed by atoms with E-state index in [1.807, 2.05) is 24.3 Å². The largest absolute Gasteiger partial charge is 0.464 e. The van der Waals surface area contributed by atoms with E-state index in [0.717, 1.165) is 0 Å². The van der Waals surface area contributed by atoms with Crippen LogP contribution in [0.5, 0.6) is 0 Å². The lowest BCUT2D eigenvalue weighted by atomic mass is 10.0. The lowest BCUT2D eigenvalue weighted by Gasteiger charge is -2.26. The van der Waals surface area contributed by atoms with Gasteiger partial charge in [0.15, 0.2) is 5.76 Å². The summed E-state index contributed by atoms with van der Waals surface area (Å²) in [7, 11) is 0. The first-order chi connectivity index (χ1) is 11.1. The number of carbonyl (C=O) groups excluding carboxylic acids is 2. The first-order valence-electron chi connectivity index (χ1n) is 7.71. The highest BCUT2D eigenvalue weighted by atomic mass is 16.5. The number of carbonyl (C=O) groups is 2. The molecule has 1 aromatic heterocycles. The van der Waals surface area contributed by atoms with Crippen molar-refractivity contribution in [3.63, 3.8) is 0 Å². The molecule has 1 aliphatic heterocycles. The zero-order chi connectivity index (χ0) is 16.4. The van der Waals surface area contributed by atoms with Crippen LogP contribution in [0.4, 0.5) is 5.69 Å². The fourth-order valence-corrected chi connectivity index (χ4v) is 2.70. The van der Waals surface area contributed by atoms with Crippen LogP contribution in [0, 0.1) is 0 Å². The van der Waals surface area contributed by atoms with Crippen LogP contribution in [0.25, 0.3) is 0 Å². The molecule has 0 bridgehead atoms. The Morgan fingerprint density at radius 2 is 1.96 bits per heavy atom. The van der Waals surface area contributed by atoms with Gasteiger partial charge >= 0.3 is 5.97 Å². The Balaban J connectivity index is 1.97. The van der Waals surface area contributed by atoms with Gasteiger partial charge in [-0.1, -0.05) is 26.0 Å². The molecule has 0 spiro atoms. The molecule has 1 amide bonds. The highest BCUT2D eigenvalue weighted by molar-refractivity contribution is 6.08. The fourth-order valence-electron chi connectivity index (χ4n) is 2.70. The standard InChI is InChI=1S/C18H19NO4/c1-12(2)13-5-7-14(8-6-13)19(15-9-11-23-18(15)21)17(20)16-4-3-10-22-16/h3-8,10,12,15H,9,11H2,1-2H3. The van der Waals surface area contributed by atoms with Gasteiger partial charge in [0.25, 0.3) is 5.91 Å². The van der Waals surface area contributed by atoms with Gasteiger partial charge in [-0.3, -0.25) is 9.69 Å². The van der Waals surface area contributed by atoms with Crippen molar-refractivity contribution in [3.05, 3.63) is 54.0 Å². The van der Waals surface area contributed by atoms with Gasteiger partial charge in [0.05, 0.1) is 12.9 Å². The molecule has 1 unspecified atom stereocenters. The predicted octanol–water partition coefficient (Wildman–Crippen LogP) is 3.37. The maximum Gasteiger partial charge on any atom is 0.329 e.